The van der Waals surface area contributed by atoms with Gasteiger partial charge < -0.3 is 6.22 Å². The van der Waals surface area contributed by atoms with Gasteiger partial charge in [0.05, 0.1) is 0 Å². The van der Waals surface area contributed by atoms with Crippen LogP contribution >= 0.6 is 0 Å². The number of aldehydes is 1. The largest absolute Gasteiger partial charge is 1.00 e. The third kappa shape index (κ3) is 10.3. The maximum atomic E-state index is 10.8. The van der Waals surface area contributed by atoms with Gasteiger partial charge in [0.15, 0.2) is 0 Å². The standard InChI is InChI=1S/C8H14O2.Na.H/c1-2-5-8(10)6-3-4-7-9;;/h7H,2-6H2,1H3;;/q;+1;-1. The van der Waals surface area contributed by atoms with Crippen LogP contribution in [0.15, 0.2) is 0 Å². The molecule has 3 heteroatoms. The Morgan fingerprint density at radius 2 is 2.09 bits per heavy atom. The number of ketones is 1. The molecule has 0 rings (SSSR count). The van der Waals surface area contributed by atoms with Gasteiger partial charge in [-0.05, 0) is 12.8 Å². The molecule has 0 aliphatic heterocycles. The van der Waals surface area contributed by atoms with Crippen molar-refractivity contribution in [1.82, 2.24) is 0 Å². The van der Waals surface area contributed by atoms with Crippen LogP contribution in [-0.4, -0.2) is 12.1 Å². The predicted octanol–water partition coefficient (Wildman–Crippen LogP) is -1.16. The molecule has 0 aliphatic carbocycles. The van der Waals surface area contributed by atoms with Crippen molar-refractivity contribution < 1.29 is 40.6 Å². The van der Waals surface area contributed by atoms with Crippen LogP contribution in [0.1, 0.15) is 40.5 Å². The molecule has 0 aliphatic rings. The molecule has 0 radical (unpaired) electrons. The average molecular weight is 166 g/mol. The van der Waals surface area contributed by atoms with Crippen molar-refractivity contribution in [2.24, 2.45) is 0 Å². The van der Waals surface area contributed by atoms with Crippen LogP contribution < -0.4 is 29.6 Å². The molecule has 0 fully saturated rings. The molecule has 0 saturated carbocycles. The minimum atomic E-state index is 0. The third-order valence-corrected chi connectivity index (χ3v) is 1.31. The van der Waals surface area contributed by atoms with Crippen molar-refractivity contribution in [2.45, 2.75) is 39.0 Å². The summed E-state index contributed by atoms with van der Waals surface area (Å²) in [5.41, 5.74) is 0. The van der Waals surface area contributed by atoms with Crippen molar-refractivity contribution in [1.29, 1.82) is 0 Å². The Morgan fingerprint density at radius 3 is 2.55 bits per heavy atom. The second-order valence-electron chi connectivity index (χ2n) is 2.35. The molecule has 60 valence electrons. The van der Waals surface area contributed by atoms with Crippen LogP contribution in [-0.2, 0) is 9.59 Å². The molecule has 0 heterocycles. The first kappa shape index (κ1) is 13.9. The SMILES string of the molecule is CCCC(=O)CCCC=O.[H-].[Na+]. The van der Waals surface area contributed by atoms with E-state index < -0.39 is 0 Å². The first-order valence-electron chi connectivity index (χ1n) is 3.76. The van der Waals surface area contributed by atoms with Crippen molar-refractivity contribution in [3.05, 3.63) is 0 Å². The molecule has 0 unspecified atom stereocenters. The molecule has 0 aromatic carbocycles. The van der Waals surface area contributed by atoms with E-state index in [2.05, 4.69) is 0 Å². The number of carbonyl (C=O) groups excluding carboxylic acids is 2. The molecular formula is C8H15NaO2. The molecule has 0 aromatic rings. The van der Waals surface area contributed by atoms with Crippen LogP contribution in [0.2, 0.25) is 0 Å². The number of rotatable bonds is 6. The summed E-state index contributed by atoms with van der Waals surface area (Å²) in [5.74, 6) is 0.282. The van der Waals surface area contributed by atoms with Gasteiger partial charge in [0.25, 0.3) is 0 Å². The fourth-order valence-corrected chi connectivity index (χ4v) is 0.786. The Hall–Kier alpha value is 0.340. The van der Waals surface area contributed by atoms with E-state index in [1.54, 1.807) is 0 Å². The Labute approximate surface area is 91.5 Å². The van der Waals surface area contributed by atoms with Crippen molar-refractivity contribution in [2.75, 3.05) is 0 Å². The maximum absolute atomic E-state index is 10.8. The summed E-state index contributed by atoms with van der Waals surface area (Å²) in [4.78, 5) is 20.6. The zero-order valence-electron chi connectivity index (χ0n) is 8.43. The van der Waals surface area contributed by atoms with E-state index in [0.29, 0.717) is 19.3 Å². The van der Waals surface area contributed by atoms with Gasteiger partial charge in [-0.3, -0.25) is 4.79 Å². The Bertz CT molecular complexity index is 118. The van der Waals surface area contributed by atoms with Gasteiger partial charge in [-0.15, -0.1) is 0 Å². The summed E-state index contributed by atoms with van der Waals surface area (Å²) in [6, 6.07) is 0. The van der Waals surface area contributed by atoms with Crippen LogP contribution in [0.3, 0.4) is 0 Å². The molecule has 0 spiro atoms. The zero-order chi connectivity index (χ0) is 7.82. The minimum absolute atomic E-state index is 0. The van der Waals surface area contributed by atoms with E-state index in [9.17, 15) is 9.59 Å². The molecule has 11 heavy (non-hydrogen) atoms. The molecule has 0 N–H and O–H groups in total. The topological polar surface area (TPSA) is 34.1 Å². The maximum Gasteiger partial charge on any atom is 1.00 e. The summed E-state index contributed by atoms with van der Waals surface area (Å²) in [7, 11) is 0. The molecule has 0 saturated heterocycles. The van der Waals surface area contributed by atoms with E-state index in [4.69, 9.17) is 0 Å². The number of hydrogen-bond acceptors (Lipinski definition) is 2. The van der Waals surface area contributed by atoms with Gasteiger partial charge in [-0.1, -0.05) is 6.92 Å². The van der Waals surface area contributed by atoms with Crippen LogP contribution in [0.5, 0.6) is 0 Å². The van der Waals surface area contributed by atoms with Crippen molar-refractivity contribution >= 4 is 12.1 Å². The summed E-state index contributed by atoms with van der Waals surface area (Å²) in [5, 5.41) is 0. The van der Waals surface area contributed by atoms with Crippen molar-refractivity contribution in [3.8, 4) is 0 Å². The Morgan fingerprint density at radius 1 is 1.45 bits per heavy atom. The fourth-order valence-electron chi connectivity index (χ4n) is 0.786. The molecule has 0 bridgehead atoms. The van der Waals surface area contributed by atoms with Gasteiger partial charge in [-0.25, -0.2) is 0 Å². The van der Waals surface area contributed by atoms with Gasteiger partial charge in [0.1, 0.15) is 12.1 Å². The summed E-state index contributed by atoms with van der Waals surface area (Å²) >= 11 is 0. The second kappa shape index (κ2) is 10.3. The van der Waals surface area contributed by atoms with E-state index in [0.717, 1.165) is 19.1 Å². The molecule has 0 aromatic heterocycles. The van der Waals surface area contributed by atoms with Crippen molar-refractivity contribution in [3.63, 3.8) is 0 Å². The first-order valence-corrected chi connectivity index (χ1v) is 3.76. The van der Waals surface area contributed by atoms with Crippen LogP contribution in [0.4, 0.5) is 0 Å². The van der Waals surface area contributed by atoms with E-state index >= 15 is 0 Å². The van der Waals surface area contributed by atoms with Gasteiger partial charge in [0.2, 0.25) is 0 Å². The molecule has 2 nitrogen and oxygen atoms in total. The normalized spacial score (nSPS) is 8.45. The first-order chi connectivity index (χ1) is 4.81. The Balaban J connectivity index is -0.000000405. The van der Waals surface area contributed by atoms with Gasteiger partial charge in [-0.2, -0.15) is 0 Å². The Kier molecular flexibility index (Phi) is 13.1. The molecular weight excluding hydrogens is 151 g/mol. The monoisotopic (exact) mass is 166 g/mol. The fraction of sp³-hybridized carbons (Fsp3) is 0.750. The van der Waals surface area contributed by atoms with Gasteiger partial charge >= 0.3 is 29.6 Å². The zero-order valence-corrected chi connectivity index (χ0v) is 9.43. The molecule has 0 amide bonds. The summed E-state index contributed by atoms with van der Waals surface area (Å²) in [6.07, 6.45) is 4.27. The second-order valence-corrected chi connectivity index (χ2v) is 2.35. The third-order valence-electron chi connectivity index (χ3n) is 1.31. The predicted molar refractivity (Wildman–Crippen MR) is 40.9 cm³/mol. The van der Waals surface area contributed by atoms with Crippen LogP contribution in [0, 0.1) is 0 Å². The van der Waals surface area contributed by atoms with Gasteiger partial charge in [0, 0.05) is 19.3 Å². The number of hydrogen-bond donors (Lipinski definition) is 0. The number of unbranched alkanes of at least 4 members (excludes halogenated alkanes) is 1. The molecule has 0 atom stereocenters. The summed E-state index contributed by atoms with van der Waals surface area (Å²) < 4.78 is 0. The number of Topliss-reactive ketones (excluding diaryl/α,β-unsaturated/α-hetero) is 1. The van der Waals surface area contributed by atoms with E-state index in [1.807, 2.05) is 6.92 Å². The van der Waals surface area contributed by atoms with E-state index in [1.165, 1.54) is 0 Å². The number of carbonyl (C=O) groups is 2. The smallest absolute Gasteiger partial charge is 1.00 e. The minimum Gasteiger partial charge on any atom is -1.00 e. The van der Waals surface area contributed by atoms with E-state index in [-0.39, 0.29) is 36.8 Å². The average Bonchev–Trinajstić information content (AvgIpc) is 1.89. The quantitative estimate of drug-likeness (QED) is 0.283. The van der Waals surface area contributed by atoms with Crippen LogP contribution in [0.25, 0.3) is 0 Å². The summed E-state index contributed by atoms with van der Waals surface area (Å²) in [6.45, 7) is 1.98.